The summed E-state index contributed by atoms with van der Waals surface area (Å²) in [6.07, 6.45) is 5.31. The lowest BCUT2D eigenvalue weighted by molar-refractivity contribution is 0.586. The van der Waals surface area contributed by atoms with Gasteiger partial charge in [0.2, 0.25) is 6.19 Å². The van der Waals surface area contributed by atoms with Crippen molar-refractivity contribution in [3.63, 3.8) is 0 Å². The highest BCUT2D eigenvalue weighted by Crippen LogP contribution is 2.28. The molecule has 3 aromatic rings. The highest BCUT2D eigenvalue weighted by atomic mass is 15.0. The standard InChI is InChI=1S/C24H24N4/c1-24(22-14-8-9-16-26-22,18-21-12-6-3-7-13-21)23(28-19-25)27-17-15-20-10-4-2-5-11-20/h2-14,16H,15,17-18H2,1H3,(H,27,28). The van der Waals surface area contributed by atoms with Crippen LogP contribution in [0, 0.1) is 11.5 Å². The van der Waals surface area contributed by atoms with E-state index in [0.717, 1.165) is 12.1 Å². The molecule has 140 valence electrons. The van der Waals surface area contributed by atoms with E-state index in [9.17, 15) is 5.26 Å². The van der Waals surface area contributed by atoms with Crippen molar-refractivity contribution < 1.29 is 0 Å². The maximum absolute atomic E-state index is 9.33. The molecule has 0 bridgehead atoms. The number of aromatic nitrogens is 1. The number of benzene rings is 2. The lowest BCUT2D eigenvalue weighted by atomic mass is 9.78. The Kier molecular flexibility index (Phi) is 6.54. The molecular formula is C24H24N4. The first kappa shape index (κ1) is 19.3. The van der Waals surface area contributed by atoms with E-state index in [2.05, 4.69) is 46.5 Å². The van der Waals surface area contributed by atoms with Crippen LogP contribution in [0.4, 0.5) is 0 Å². The average molecular weight is 368 g/mol. The molecule has 4 nitrogen and oxygen atoms in total. The van der Waals surface area contributed by atoms with Gasteiger partial charge in [-0.15, -0.1) is 0 Å². The molecule has 3 rings (SSSR count). The Hall–Kier alpha value is -3.45. The molecule has 28 heavy (non-hydrogen) atoms. The first-order valence-corrected chi connectivity index (χ1v) is 9.43. The van der Waals surface area contributed by atoms with Crippen molar-refractivity contribution >= 4 is 5.84 Å². The van der Waals surface area contributed by atoms with Gasteiger partial charge >= 0.3 is 0 Å². The Labute approximate surface area is 166 Å². The normalized spacial score (nSPS) is 13.4. The van der Waals surface area contributed by atoms with Gasteiger partial charge in [-0.25, -0.2) is 0 Å². The van der Waals surface area contributed by atoms with Crippen LogP contribution in [-0.2, 0) is 18.3 Å². The van der Waals surface area contributed by atoms with Crippen molar-refractivity contribution in [3.8, 4) is 6.19 Å². The van der Waals surface area contributed by atoms with Gasteiger partial charge in [0.05, 0.1) is 11.1 Å². The number of pyridine rings is 1. The van der Waals surface area contributed by atoms with Crippen molar-refractivity contribution in [1.82, 2.24) is 10.3 Å². The lowest BCUT2D eigenvalue weighted by Gasteiger charge is -2.31. The fourth-order valence-corrected chi connectivity index (χ4v) is 3.37. The van der Waals surface area contributed by atoms with Crippen molar-refractivity contribution in [2.24, 2.45) is 4.99 Å². The second-order valence-corrected chi connectivity index (χ2v) is 6.93. The van der Waals surface area contributed by atoms with E-state index in [0.29, 0.717) is 18.8 Å². The fourth-order valence-electron chi connectivity index (χ4n) is 3.37. The molecule has 0 aliphatic heterocycles. The minimum absolute atomic E-state index is 0.533. The summed E-state index contributed by atoms with van der Waals surface area (Å²) in [6.45, 7) is 2.79. The van der Waals surface area contributed by atoms with E-state index in [1.807, 2.05) is 60.8 Å². The molecule has 2 aromatic carbocycles. The van der Waals surface area contributed by atoms with E-state index in [4.69, 9.17) is 0 Å². The zero-order valence-corrected chi connectivity index (χ0v) is 16.0. The molecule has 0 fully saturated rings. The van der Waals surface area contributed by atoms with Crippen LogP contribution in [0.3, 0.4) is 0 Å². The van der Waals surface area contributed by atoms with Crippen molar-refractivity contribution in [2.75, 3.05) is 6.54 Å². The zero-order chi connectivity index (χ0) is 19.7. The zero-order valence-electron chi connectivity index (χ0n) is 16.0. The van der Waals surface area contributed by atoms with E-state index < -0.39 is 5.41 Å². The summed E-state index contributed by atoms with van der Waals surface area (Å²) >= 11 is 0. The number of hydrogen-bond donors (Lipinski definition) is 1. The van der Waals surface area contributed by atoms with Crippen LogP contribution in [-0.4, -0.2) is 17.4 Å². The Morgan fingerprint density at radius 3 is 2.21 bits per heavy atom. The summed E-state index contributed by atoms with van der Waals surface area (Å²) < 4.78 is 0. The third kappa shape index (κ3) is 4.83. The van der Waals surface area contributed by atoms with Gasteiger partial charge in [0, 0.05) is 12.7 Å². The number of aliphatic imine (C=N–C) groups is 1. The highest BCUT2D eigenvalue weighted by molar-refractivity contribution is 5.93. The first-order valence-electron chi connectivity index (χ1n) is 9.43. The molecule has 1 unspecified atom stereocenters. The third-order valence-electron chi connectivity index (χ3n) is 4.86. The molecule has 0 spiro atoms. The van der Waals surface area contributed by atoms with Gasteiger partial charge in [0.15, 0.2) is 0 Å². The van der Waals surface area contributed by atoms with Crippen LogP contribution in [0.25, 0.3) is 0 Å². The number of hydrogen-bond acceptors (Lipinski definition) is 3. The first-order chi connectivity index (χ1) is 13.7. The van der Waals surface area contributed by atoms with Crippen LogP contribution in [0.5, 0.6) is 0 Å². The molecule has 0 saturated heterocycles. The molecule has 1 atom stereocenters. The Morgan fingerprint density at radius 2 is 1.61 bits per heavy atom. The van der Waals surface area contributed by atoms with Gasteiger partial charge in [-0.1, -0.05) is 66.7 Å². The second kappa shape index (κ2) is 9.48. The summed E-state index contributed by atoms with van der Waals surface area (Å²) in [7, 11) is 0. The van der Waals surface area contributed by atoms with Crippen molar-refractivity contribution in [3.05, 3.63) is 102 Å². The summed E-state index contributed by atoms with van der Waals surface area (Å²) in [6, 6.07) is 26.4. The average Bonchev–Trinajstić information content (AvgIpc) is 2.75. The quantitative estimate of drug-likeness (QED) is 0.384. The summed E-state index contributed by atoms with van der Waals surface area (Å²) in [4.78, 5) is 8.76. The summed E-state index contributed by atoms with van der Waals surface area (Å²) in [5.74, 6) is 0.647. The van der Waals surface area contributed by atoms with E-state index >= 15 is 0 Å². The van der Waals surface area contributed by atoms with Crippen LogP contribution >= 0.6 is 0 Å². The molecule has 0 amide bonds. The monoisotopic (exact) mass is 368 g/mol. The number of nitrogens with zero attached hydrogens (tertiary/aromatic N) is 3. The number of amidine groups is 1. The van der Waals surface area contributed by atoms with Gasteiger partial charge in [0.1, 0.15) is 5.84 Å². The minimum Gasteiger partial charge on any atom is -0.372 e. The minimum atomic E-state index is -0.533. The Bertz CT molecular complexity index is 931. The molecule has 0 radical (unpaired) electrons. The predicted molar refractivity (Wildman–Crippen MR) is 113 cm³/mol. The fraction of sp³-hybridized carbons (Fsp3) is 0.208. The van der Waals surface area contributed by atoms with Crippen LogP contribution in [0.1, 0.15) is 23.7 Å². The predicted octanol–water partition coefficient (Wildman–Crippen LogP) is 4.29. The van der Waals surface area contributed by atoms with Crippen LogP contribution in [0.15, 0.2) is 90.1 Å². The van der Waals surface area contributed by atoms with Crippen molar-refractivity contribution in [1.29, 1.82) is 5.26 Å². The third-order valence-corrected chi connectivity index (χ3v) is 4.86. The molecule has 1 N–H and O–H groups in total. The highest BCUT2D eigenvalue weighted by Gasteiger charge is 2.34. The van der Waals surface area contributed by atoms with Crippen LogP contribution in [0.2, 0.25) is 0 Å². The van der Waals surface area contributed by atoms with E-state index in [-0.39, 0.29) is 0 Å². The molecular weight excluding hydrogens is 344 g/mol. The molecule has 4 heteroatoms. The maximum atomic E-state index is 9.33. The molecule has 1 heterocycles. The smallest absolute Gasteiger partial charge is 0.207 e. The molecule has 0 aliphatic rings. The number of nitrogens with one attached hydrogen (secondary N) is 1. The van der Waals surface area contributed by atoms with E-state index in [1.165, 1.54) is 11.1 Å². The van der Waals surface area contributed by atoms with Crippen molar-refractivity contribution in [2.45, 2.75) is 25.2 Å². The lowest BCUT2D eigenvalue weighted by Crippen LogP contribution is -2.45. The SMILES string of the molecule is CC(Cc1ccccc1)(/C(=N/C#N)NCCc1ccccc1)c1ccccn1. The molecule has 0 aliphatic carbocycles. The Morgan fingerprint density at radius 1 is 0.964 bits per heavy atom. The van der Waals surface area contributed by atoms with Gasteiger partial charge in [-0.2, -0.15) is 10.3 Å². The maximum Gasteiger partial charge on any atom is 0.207 e. The summed E-state index contributed by atoms with van der Waals surface area (Å²) in [5, 5.41) is 12.7. The van der Waals surface area contributed by atoms with E-state index in [1.54, 1.807) is 6.20 Å². The van der Waals surface area contributed by atoms with Gasteiger partial charge in [-0.05, 0) is 43.0 Å². The molecule has 0 saturated carbocycles. The summed E-state index contributed by atoms with van der Waals surface area (Å²) in [5.41, 5.74) is 2.77. The van der Waals surface area contributed by atoms with Crippen LogP contribution < -0.4 is 5.32 Å². The topological polar surface area (TPSA) is 61.1 Å². The number of rotatable bonds is 7. The van der Waals surface area contributed by atoms with Gasteiger partial charge in [0.25, 0.3) is 0 Å². The second-order valence-electron chi connectivity index (χ2n) is 6.93. The number of nitriles is 1. The largest absolute Gasteiger partial charge is 0.372 e. The Balaban J connectivity index is 1.87. The van der Waals surface area contributed by atoms with Gasteiger partial charge < -0.3 is 5.32 Å². The molecule has 1 aromatic heterocycles. The van der Waals surface area contributed by atoms with Gasteiger partial charge in [-0.3, -0.25) is 4.98 Å².